The SMILES string of the molecule is CC(C)(C)OC(=O)[C@H](Cc1cn(C(=O)OC(C)(C)C)c2ccccc12)NC(=O)C(CCCc1ccc(-c2ccccc2)cc1)CP(=O)(O)CCc1ccccc1. The zero-order chi connectivity index (χ0) is 40.5. The number of aromatic nitrogens is 1. The van der Waals surface area contributed by atoms with Gasteiger partial charge in [-0.25, -0.2) is 9.59 Å². The Hall–Kier alpha value is -4.98. The van der Waals surface area contributed by atoms with Crippen LogP contribution in [0.15, 0.2) is 115 Å². The van der Waals surface area contributed by atoms with E-state index in [0.29, 0.717) is 36.8 Å². The van der Waals surface area contributed by atoms with Crippen LogP contribution in [0.25, 0.3) is 22.0 Å². The molecule has 0 saturated carbocycles. The third kappa shape index (κ3) is 12.5. The zero-order valence-electron chi connectivity index (χ0n) is 33.4. The van der Waals surface area contributed by atoms with Crippen LogP contribution in [0.5, 0.6) is 0 Å². The third-order valence-electron chi connectivity index (χ3n) is 9.36. The standard InChI is InChI=1S/C46H55N2O7P/c1-45(2,3)54-43(50)40(30-38-31-48(44(51)55-46(4,5)6)41-23-14-13-22-39(38)41)47-42(49)37(32-56(52,53)29-28-33-16-9-7-10-17-33)21-15-18-34-24-26-36(27-25-34)35-19-11-8-12-20-35/h7-14,16-17,19-20,22-27,31,37,40H,15,18,21,28-30,32H2,1-6H3,(H,47,49)(H,52,53)/t37?,40-/m0/s1. The summed E-state index contributed by atoms with van der Waals surface area (Å²) in [6.45, 7) is 10.6. The number of ether oxygens (including phenoxy) is 2. The molecule has 0 radical (unpaired) electrons. The van der Waals surface area contributed by atoms with Crippen LogP contribution in [-0.2, 0) is 42.9 Å². The van der Waals surface area contributed by atoms with Gasteiger partial charge in [-0.05, 0) is 101 Å². The van der Waals surface area contributed by atoms with E-state index >= 15 is 0 Å². The predicted octanol–water partition coefficient (Wildman–Crippen LogP) is 9.61. The summed E-state index contributed by atoms with van der Waals surface area (Å²) in [5.74, 6) is -1.99. The Morgan fingerprint density at radius 1 is 0.732 bits per heavy atom. The number of carbonyl (C=O) groups excluding carboxylic acids is 3. The summed E-state index contributed by atoms with van der Waals surface area (Å²) in [5.41, 5.74) is 3.91. The van der Waals surface area contributed by atoms with E-state index < -0.39 is 48.5 Å². The Bertz CT molecular complexity index is 2130. The van der Waals surface area contributed by atoms with E-state index in [1.54, 1.807) is 53.8 Å². The Balaban J connectivity index is 1.38. The largest absolute Gasteiger partial charge is 0.458 e. The van der Waals surface area contributed by atoms with Gasteiger partial charge in [-0.1, -0.05) is 103 Å². The second-order valence-electron chi connectivity index (χ2n) is 16.5. The Morgan fingerprint density at radius 2 is 1.30 bits per heavy atom. The highest BCUT2D eigenvalue weighted by Gasteiger charge is 2.34. The van der Waals surface area contributed by atoms with Crippen molar-refractivity contribution in [2.24, 2.45) is 5.92 Å². The van der Waals surface area contributed by atoms with E-state index in [2.05, 4.69) is 41.7 Å². The van der Waals surface area contributed by atoms with Crippen LogP contribution >= 0.6 is 7.37 Å². The fraction of sp³-hybridized carbons (Fsp3) is 0.370. The van der Waals surface area contributed by atoms with Crippen molar-refractivity contribution in [2.75, 3.05) is 12.3 Å². The van der Waals surface area contributed by atoms with Gasteiger partial charge in [0, 0.05) is 36.2 Å². The molecular weight excluding hydrogens is 723 g/mol. The fourth-order valence-electron chi connectivity index (χ4n) is 6.69. The number of nitrogens with zero attached hydrogens (tertiary/aromatic N) is 1. The lowest BCUT2D eigenvalue weighted by Crippen LogP contribution is -2.48. The molecule has 0 bridgehead atoms. The van der Waals surface area contributed by atoms with Crippen molar-refractivity contribution >= 4 is 36.2 Å². The molecule has 2 N–H and O–H groups in total. The van der Waals surface area contributed by atoms with Crippen molar-refractivity contribution < 1.29 is 33.3 Å². The number of nitrogens with one attached hydrogen (secondary N) is 1. The number of hydrogen-bond donors (Lipinski definition) is 2. The molecule has 2 unspecified atom stereocenters. The summed E-state index contributed by atoms with van der Waals surface area (Å²) >= 11 is 0. The van der Waals surface area contributed by atoms with Crippen LogP contribution in [0, 0.1) is 5.92 Å². The van der Waals surface area contributed by atoms with E-state index in [1.807, 2.05) is 66.7 Å². The van der Waals surface area contributed by atoms with E-state index in [1.165, 1.54) is 4.57 Å². The zero-order valence-corrected chi connectivity index (χ0v) is 34.3. The molecule has 0 fully saturated rings. The van der Waals surface area contributed by atoms with E-state index in [4.69, 9.17) is 9.47 Å². The van der Waals surface area contributed by atoms with Crippen LogP contribution in [-0.4, -0.2) is 57.0 Å². The molecule has 4 aromatic carbocycles. The van der Waals surface area contributed by atoms with Crippen LogP contribution in [0.1, 0.15) is 71.1 Å². The lowest BCUT2D eigenvalue weighted by molar-refractivity contribution is -0.158. The molecule has 1 aromatic heterocycles. The minimum Gasteiger partial charge on any atom is -0.458 e. The maximum Gasteiger partial charge on any atom is 0.419 e. The molecule has 10 heteroatoms. The summed E-state index contributed by atoms with van der Waals surface area (Å²) in [6.07, 6.45) is 2.87. The minimum atomic E-state index is -3.78. The second kappa shape index (κ2) is 18.3. The number of hydrogen-bond acceptors (Lipinski definition) is 6. The molecule has 5 aromatic rings. The van der Waals surface area contributed by atoms with Gasteiger partial charge >= 0.3 is 12.1 Å². The number of amides is 1. The molecule has 0 aliphatic heterocycles. The first-order chi connectivity index (χ1) is 26.5. The molecule has 296 valence electrons. The first kappa shape index (κ1) is 42.2. The number of aryl methyl sites for hydroxylation is 2. The van der Waals surface area contributed by atoms with Gasteiger partial charge in [0.15, 0.2) is 0 Å². The van der Waals surface area contributed by atoms with Crippen molar-refractivity contribution in [1.29, 1.82) is 0 Å². The van der Waals surface area contributed by atoms with Crippen LogP contribution in [0.2, 0.25) is 0 Å². The Labute approximate surface area is 330 Å². The van der Waals surface area contributed by atoms with Gasteiger partial charge in [-0.3, -0.25) is 13.9 Å². The number of esters is 1. The molecule has 1 heterocycles. The maximum atomic E-state index is 14.3. The number of rotatable bonds is 15. The van der Waals surface area contributed by atoms with Crippen molar-refractivity contribution in [2.45, 2.75) is 90.9 Å². The molecule has 0 aliphatic rings. The van der Waals surface area contributed by atoms with Crippen molar-refractivity contribution in [3.05, 3.63) is 132 Å². The highest BCUT2D eigenvalue weighted by Crippen LogP contribution is 2.44. The van der Waals surface area contributed by atoms with Gasteiger partial charge in [-0.15, -0.1) is 0 Å². The summed E-state index contributed by atoms with van der Waals surface area (Å²) in [7, 11) is -3.78. The topological polar surface area (TPSA) is 124 Å². The number of para-hydroxylation sites is 1. The normalized spacial score (nSPS) is 14.1. The third-order valence-corrected chi connectivity index (χ3v) is 11.3. The lowest BCUT2D eigenvalue weighted by atomic mass is 9.97. The van der Waals surface area contributed by atoms with Gasteiger partial charge in [-0.2, -0.15) is 0 Å². The molecular formula is C46H55N2O7P. The van der Waals surface area contributed by atoms with Gasteiger partial charge < -0.3 is 19.7 Å². The van der Waals surface area contributed by atoms with Gasteiger partial charge in [0.2, 0.25) is 13.3 Å². The molecule has 0 saturated heterocycles. The van der Waals surface area contributed by atoms with E-state index in [-0.39, 0.29) is 18.7 Å². The minimum absolute atomic E-state index is 0.0161. The molecule has 56 heavy (non-hydrogen) atoms. The van der Waals surface area contributed by atoms with Crippen molar-refractivity contribution in [3.8, 4) is 11.1 Å². The Morgan fingerprint density at radius 3 is 1.95 bits per heavy atom. The summed E-state index contributed by atoms with van der Waals surface area (Å²) in [4.78, 5) is 52.7. The van der Waals surface area contributed by atoms with E-state index in [0.717, 1.165) is 27.6 Å². The predicted molar refractivity (Wildman–Crippen MR) is 223 cm³/mol. The molecule has 0 aliphatic carbocycles. The highest BCUT2D eigenvalue weighted by molar-refractivity contribution is 7.58. The van der Waals surface area contributed by atoms with Crippen LogP contribution in [0.3, 0.4) is 0 Å². The van der Waals surface area contributed by atoms with Gasteiger partial charge in [0.25, 0.3) is 0 Å². The summed E-state index contributed by atoms with van der Waals surface area (Å²) in [6, 6.07) is 34.1. The molecule has 9 nitrogen and oxygen atoms in total. The highest BCUT2D eigenvalue weighted by atomic mass is 31.2. The fourth-order valence-corrected chi connectivity index (χ4v) is 8.51. The summed E-state index contributed by atoms with van der Waals surface area (Å²) in [5, 5.41) is 3.65. The summed E-state index contributed by atoms with van der Waals surface area (Å²) < 4.78 is 26.6. The quantitative estimate of drug-likeness (QED) is 0.0802. The average molecular weight is 779 g/mol. The number of fused-ring (bicyclic) bond motifs is 1. The molecule has 1 amide bonds. The molecule has 0 spiro atoms. The van der Waals surface area contributed by atoms with E-state index in [9.17, 15) is 23.8 Å². The lowest BCUT2D eigenvalue weighted by Gasteiger charge is -2.27. The first-order valence-corrected chi connectivity index (χ1v) is 21.3. The average Bonchev–Trinajstić information content (AvgIpc) is 3.51. The maximum absolute atomic E-state index is 14.3. The monoisotopic (exact) mass is 778 g/mol. The van der Waals surface area contributed by atoms with Crippen molar-refractivity contribution in [3.63, 3.8) is 0 Å². The van der Waals surface area contributed by atoms with Gasteiger partial charge in [0.05, 0.1) is 5.52 Å². The van der Waals surface area contributed by atoms with Crippen LogP contribution in [0.4, 0.5) is 4.79 Å². The second-order valence-corrected chi connectivity index (χ2v) is 19.0. The molecule has 5 rings (SSSR count). The molecule has 3 atom stereocenters. The van der Waals surface area contributed by atoms with Gasteiger partial charge in [0.1, 0.15) is 17.2 Å². The Kier molecular flexibility index (Phi) is 13.8. The van der Waals surface area contributed by atoms with Crippen molar-refractivity contribution in [1.82, 2.24) is 9.88 Å². The smallest absolute Gasteiger partial charge is 0.419 e. The van der Waals surface area contributed by atoms with Crippen LogP contribution < -0.4 is 5.32 Å². The number of benzene rings is 4. The number of carbonyl (C=O) groups is 3. The first-order valence-electron chi connectivity index (χ1n) is 19.3.